The van der Waals surface area contributed by atoms with Crippen molar-refractivity contribution in [3.8, 4) is 0 Å². The molecule has 2 aliphatic rings. The Morgan fingerprint density at radius 3 is 2.23 bits per heavy atom. The third kappa shape index (κ3) is 2.80. The van der Waals surface area contributed by atoms with Crippen molar-refractivity contribution in [1.82, 2.24) is 4.31 Å². The molecule has 6 heteroatoms. The summed E-state index contributed by atoms with van der Waals surface area (Å²) in [7, 11) is -3.38. The third-order valence-corrected chi connectivity index (χ3v) is 7.36. The second kappa shape index (κ2) is 6.28. The van der Waals surface area contributed by atoms with Gasteiger partial charge in [-0.25, -0.2) is 12.7 Å². The van der Waals surface area contributed by atoms with Crippen molar-refractivity contribution in [3.05, 3.63) is 35.4 Å². The number of benzene rings is 1. The van der Waals surface area contributed by atoms with E-state index in [1.807, 2.05) is 18.2 Å². The van der Waals surface area contributed by atoms with Gasteiger partial charge in [-0.2, -0.15) is 0 Å². The average molecular weight is 325 g/mol. The van der Waals surface area contributed by atoms with Crippen LogP contribution in [0.15, 0.2) is 24.3 Å². The maximum atomic E-state index is 12.9. The molecule has 0 radical (unpaired) electrons. The molecular weight excluding hydrogens is 302 g/mol. The van der Waals surface area contributed by atoms with E-state index in [4.69, 9.17) is 0 Å². The van der Waals surface area contributed by atoms with Gasteiger partial charge in [-0.1, -0.05) is 24.3 Å². The first kappa shape index (κ1) is 15.9. The Hall–Kier alpha value is -0.950. The molecule has 1 fully saturated rings. The van der Waals surface area contributed by atoms with E-state index in [-0.39, 0.29) is 30.3 Å². The Bertz CT molecular complexity index is 619. The Kier molecular flexibility index (Phi) is 4.54. The lowest BCUT2D eigenvalue weighted by atomic mass is 9.92. The van der Waals surface area contributed by atoms with Gasteiger partial charge in [0.25, 0.3) is 0 Å². The molecule has 1 aliphatic heterocycles. The van der Waals surface area contributed by atoms with Gasteiger partial charge in [0.2, 0.25) is 10.0 Å². The third-order valence-electron chi connectivity index (χ3n) is 5.09. The number of rotatable bonds is 4. The average Bonchev–Trinajstić information content (AvgIpc) is 2.98. The first-order chi connectivity index (χ1) is 10.6. The quantitative estimate of drug-likeness (QED) is 0.840. The summed E-state index contributed by atoms with van der Waals surface area (Å²) in [6.45, 7) is 0.486. The van der Waals surface area contributed by atoms with Crippen molar-refractivity contribution in [2.45, 2.75) is 24.5 Å². The van der Waals surface area contributed by atoms with Gasteiger partial charge in [0.05, 0.1) is 5.25 Å². The van der Waals surface area contributed by atoms with E-state index in [0.29, 0.717) is 25.9 Å². The van der Waals surface area contributed by atoms with Crippen LogP contribution in [-0.4, -0.2) is 54.5 Å². The zero-order valence-electron chi connectivity index (χ0n) is 12.6. The number of hydrogen-bond donors (Lipinski definition) is 2. The summed E-state index contributed by atoms with van der Waals surface area (Å²) >= 11 is 0. The normalized spacial score (nSPS) is 29.5. The van der Waals surface area contributed by atoms with Gasteiger partial charge in [0.15, 0.2) is 0 Å². The summed E-state index contributed by atoms with van der Waals surface area (Å²) in [4.78, 5) is 0. The fourth-order valence-electron chi connectivity index (χ4n) is 3.65. The zero-order valence-corrected chi connectivity index (χ0v) is 13.4. The second-order valence-corrected chi connectivity index (χ2v) is 8.59. The van der Waals surface area contributed by atoms with E-state index in [1.165, 1.54) is 9.87 Å². The number of hydrogen-bond acceptors (Lipinski definition) is 4. The van der Waals surface area contributed by atoms with E-state index in [2.05, 4.69) is 6.07 Å². The van der Waals surface area contributed by atoms with Gasteiger partial charge < -0.3 is 10.2 Å². The minimum absolute atomic E-state index is 0.0786. The standard InChI is InChI=1S/C16H23NO4S/c18-10-14-8-17(9-15(14)11-19)22(20,21)16-6-5-12-3-1-2-4-13(12)7-16/h1-4,14-16,18-19H,5-11H2/t14-,15+,16?. The van der Waals surface area contributed by atoms with Crippen molar-refractivity contribution in [2.24, 2.45) is 11.8 Å². The molecule has 1 aliphatic carbocycles. The van der Waals surface area contributed by atoms with Crippen molar-refractivity contribution in [1.29, 1.82) is 0 Å². The highest BCUT2D eigenvalue weighted by atomic mass is 32.2. The Morgan fingerprint density at radius 1 is 1.05 bits per heavy atom. The minimum atomic E-state index is -3.38. The molecule has 1 saturated heterocycles. The highest BCUT2D eigenvalue weighted by Gasteiger charge is 2.42. The van der Waals surface area contributed by atoms with Gasteiger partial charge in [0.1, 0.15) is 0 Å². The number of sulfonamides is 1. The van der Waals surface area contributed by atoms with Gasteiger partial charge in [-0.15, -0.1) is 0 Å². The largest absolute Gasteiger partial charge is 0.396 e. The predicted octanol–water partition coefficient (Wildman–Crippen LogP) is 0.406. The van der Waals surface area contributed by atoms with Crippen LogP contribution in [0.5, 0.6) is 0 Å². The van der Waals surface area contributed by atoms with E-state index < -0.39 is 10.0 Å². The molecule has 0 amide bonds. The molecule has 2 N–H and O–H groups in total. The first-order valence-electron chi connectivity index (χ1n) is 7.83. The lowest BCUT2D eigenvalue weighted by Gasteiger charge is -2.28. The Labute approximate surface area is 131 Å². The number of nitrogens with zero attached hydrogens (tertiary/aromatic N) is 1. The summed E-state index contributed by atoms with van der Waals surface area (Å²) in [5.41, 5.74) is 2.37. The molecule has 0 aromatic heterocycles. The highest BCUT2D eigenvalue weighted by molar-refractivity contribution is 7.89. The molecule has 1 heterocycles. The summed E-state index contributed by atoms with van der Waals surface area (Å²) in [6, 6.07) is 8.02. The van der Waals surface area contributed by atoms with Gasteiger partial charge in [-0.05, 0) is 30.4 Å². The molecule has 5 nitrogen and oxygen atoms in total. The molecule has 1 aromatic carbocycles. The molecule has 3 rings (SSSR count). The second-order valence-electron chi connectivity index (χ2n) is 6.38. The predicted molar refractivity (Wildman–Crippen MR) is 83.9 cm³/mol. The summed E-state index contributed by atoms with van der Waals surface area (Å²) in [5, 5.41) is 18.3. The van der Waals surface area contributed by atoms with Crippen LogP contribution in [0.2, 0.25) is 0 Å². The Balaban J connectivity index is 1.77. The molecule has 122 valence electrons. The summed E-state index contributed by atoms with van der Waals surface area (Å²) in [6.07, 6.45) is 1.99. The van der Waals surface area contributed by atoms with Crippen LogP contribution < -0.4 is 0 Å². The maximum absolute atomic E-state index is 12.9. The van der Waals surface area contributed by atoms with E-state index in [1.54, 1.807) is 0 Å². The fraction of sp³-hybridized carbons (Fsp3) is 0.625. The van der Waals surface area contributed by atoms with Crippen LogP contribution in [0.1, 0.15) is 17.5 Å². The number of fused-ring (bicyclic) bond motifs is 1. The monoisotopic (exact) mass is 325 g/mol. The van der Waals surface area contributed by atoms with Crippen LogP contribution in [0, 0.1) is 11.8 Å². The van der Waals surface area contributed by atoms with Crippen LogP contribution in [0.4, 0.5) is 0 Å². The van der Waals surface area contributed by atoms with Gasteiger partial charge >= 0.3 is 0 Å². The first-order valence-corrected chi connectivity index (χ1v) is 9.34. The van der Waals surface area contributed by atoms with E-state index in [0.717, 1.165) is 12.0 Å². The number of aliphatic hydroxyl groups excluding tert-OH is 2. The highest BCUT2D eigenvalue weighted by Crippen LogP contribution is 2.31. The smallest absolute Gasteiger partial charge is 0.217 e. The molecular formula is C16H23NO4S. The van der Waals surface area contributed by atoms with Crippen LogP contribution in [0.3, 0.4) is 0 Å². The zero-order chi connectivity index (χ0) is 15.7. The number of aryl methyl sites for hydroxylation is 1. The molecule has 22 heavy (non-hydrogen) atoms. The van der Waals surface area contributed by atoms with Gasteiger partial charge in [0, 0.05) is 38.1 Å². The molecule has 3 atom stereocenters. The molecule has 1 aromatic rings. The molecule has 0 bridgehead atoms. The van der Waals surface area contributed by atoms with Crippen molar-refractivity contribution < 1.29 is 18.6 Å². The fourth-order valence-corrected chi connectivity index (χ4v) is 5.67. The lowest BCUT2D eigenvalue weighted by molar-refractivity contribution is 0.152. The van der Waals surface area contributed by atoms with Crippen molar-refractivity contribution in [3.63, 3.8) is 0 Å². The minimum Gasteiger partial charge on any atom is -0.396 e. The van der Waals surface area contributed by atoms with Gasteiger partial charge in [-0.3, -0.25) is 0 Å². The molecule has 0 saturated carbocycles. The lowest BCUT2D eigenvalue weighted by Crippen LogP contribution is -2.40. The topological polar surface area (TPSA) is 77.8 Å². The number of aliphatic hydroxyl groups is 2. The van der Waals surface area contributed by atoms with Crippen molar-refractivity contribution in [2.75, 3.05) is 26.3 Å². The molecule has 0 spiro atoms. The van der Waals surface area contributed by atoms with Crippen LogP contribution in [-0.2, 0) is 22.9 Å². The maximum Gasteiger partial charge on any atom is 0.217 e. The summed E-state index contributed by atoms with van der Waals surface area (Å²) < 4.78 is 27.2. The Morgan fingerprint density at radius 2 is 1.64 bits per heavy atom. The molecule has 1 unspecified atom stereocenters. The van der Waals surface area contributed by atoms with Crippen LogP contribution in [0.25, 0.3) is 0 Å². The van der Waals surface area contributed by atoms with Crippen LogP contribution >= 0.6 is 0 Å². The van der Waals surface area contributed by atoms with E-state index in [9.17, 15) is 18.6 Å². The van der Waals surface area contributed by atoms with Crippen molar-refractivity contribution >= 4 is 10.0 Å². The van der Waals surface area contributed by atoms with E-state index >= 15 is 0 Å². The SMILES string of the molecule is O=S(=O)(C1CCc2ccccc2C1)N1C[C@@H](CO)[C@@H](CO)C1. The summed E-state index contributed by atoms with van der Waals surface area (Å²) in [5.74, 6) is -0.314.